The Morgan fingerprint density at radius 2 is 1.46 bits per heavy atom. The summed E-state index contributed by atoms with van der Waals surface area (Å²) in [5, 5.41) is 23.3. The average Bonchev–Trinajstić information content (AvgIpc) is 2.74. The maximum absolute atomic E-state index is 12.4. The number of carbonyl (C=O) groups is 2. The van der Waals surface area contributed by atoms with Crippen molar-refractivity contribution in [2.24, 2.45) is 0 Å². The molecule has 7 heteroatoms. The molecule has 0 bridgehead atoms. The summed E-state index contributed by atoms with van der Waals surface area (Å²) in [5.74, 6) is -1.05. The van der Waals surface area contributed by atoms with E-state index in [0.29, 0.717) is 22.5 Å². The number of aromatic nitrogens is 1. The monoisotopic (exact) mass is 367 g/mol. The van der Waals surface area contributed by atoms with Crippen LogP contribution in [0, 0.1) is 22.7 Å². The topological polar surface area (TPSA) is 119 Å². The summed E-state index contributed by atoms with van der Waals surface area (Å²) < 4.78 is 0. The SMILES string of the molecule is N#Cc1cccc(NC(=O)c2cccc(C(=O)Nc3ccccc3C#N)n2)c1. The molecule has 0 saturated carbocycles. The largest absolute Gasteiger partial charge is 0.321 e. The second-order valence-electron chi connectivity index (χ2n) is 5.67. The Morgan fingerprint density at radius 1 is 0.786 bits per heavy atom. The van der Waals surface area contributed by atoms with E-state index in [-0.39, 0.29) is 11.4 Å². The highest BCUT2D eigenvalue weighted by Crippen LogP contribution is 2.15. The molecular weight excluding hydrogens is 354 g/mol. The number of pyridine rings is 1. The molecule has 0 unspecified atom stereocenters. The van der Waals surface area contributed by atoms with Gasteiger partial charge in [-0.25, -0.2) is 4.98 Å². The van der Waals surface area contributed by atoms with Gasteiger partial charge in [-0.05, 0) is 42.5 Å². The zero-order valence-electron chi connectivity index (χ0n) is 14.5. The van der Waals surface area contributed by atoms with E-state index < -0.39 is 11.8 Å². The minimum atomic E-state index is -0.538. The van der Waals surface area contributed by atoms with E-state index in [1.54, 1.807) is 48.5 Å². The van der Waals surface area contributed by atoms with Crippen LogP contribution in [0.15, 0.2) is 66.7 Å². The van der Waals surface area contributed by atoms with Gasteiger partial charge in [-0.3, -0.25) is 9.59 Å². The highest BCUT2D eigenvalue weighted by atomic mass is 16.2. The number of hydrogen-bond acceptors (Lipinski definition) is 5. The molecule has 0 aliphatic rings. The van der Waals surface area contributed by atoms with E-state index in [9.17, 15) is 9.59 Å². The number of nitrogens with one attached hydrogen (secondary N) is 2. The van der Waals surface area contributed by atoms with E-state index in [1.807, 2.05) is 12.1 Å². The normalized spacial score (nSPS) is 9.64. The van der Waals surface area contributed by atoms with Crippen LogP contribution in [0.25, 0.3) is 0 Å². The predicted octanol–water partition coefficient (Wildman–Crippen LogP) is 3.33. The number of rotatable bonds is 4. The number of benzene rings is 2. The second kappa shape index (κ2) is 8.26. The number of para-hydroxylation sites is 1. The molecule has 28 heavy (non-hydrogen) atoms. The number of amides is 2. The molecule has 7 nitrogen and oxygen atoms in total. The van der Waals surface area contributed by atoms with Gasteiger partial charge < -0.3 is 10.6 Å². The number of nitrogens with zero attached hydrogens (tertiary/aromatic N) is 3. The third-order valence-corrected chi connectivity index (χ3v) is 3.76. The van der Waals surface area contributed by atoms with Gasteiger partial charge >= 0.3 is 0 Å². The van der Waals surface area contributed by atoms with Crippen LogP contribution in [0.1, 0.15) is 32.1 Å². The predicted molar refractivity (Wildman–Crippen MR) is 102 cm³/mol. The fraction of sp³-hybridized carbons (Fsp3) is 0. The van der Waals surface area contributed by atoms with Gasteiger partial charge in [-0.15, -0.1) is 0 Å². The first-order chi connectivity index (χ1) is 13.6. The molecule has 1 aromatic heterocycles. The quantitative estimate of drug-likeness (QED) is 0.733. The first kappa shape index (κ1) is 18.3. The number of carbonyl (C=O) groups excluding carboxylic acids is 2. The fourth-order valence-corrected chi connectivity index (χ4v) is 2.43. The highest BCUT2D eigenvalue weighted by molar-refractivity contribution is 6.06. The lowest BCUT2D eigenvalue weighted by atomic mass is 10.2. The van der Waals surface area contributed by atoms with Gasteiger partial charge in [0.25, 0.3) is 11.8 Å². The number of hydrogen-bond donors (Lipinski definition) is 2. The molecule has 0 fully saturated rings. The molecule has 1 heterocycles. The van der Waals surface area contributed by atoms with Crippen LogP contribution in [-0.4, -0.2) is 16.8 Å². The molecule has 134 valence electrons. The van der Waals surface area contributed by atoms with Crippen molar-refractivity contribution >= 4 is 23.2 Å². The smallest absolute Gasteiger partial charge is 0.274 e. The van der Waals surface area contributed by atoms with Gasteiger partial charge in [0.2, 0.25) is 0 Å². The molecule has 2 aromatic carbocycles. The third-order valence-electron chi connectivity index (χ3n) is 3.76. The first-order valence-electron chi connectivity index (χ1n) is 8.20. The van der Waals surface area contributed by atoms with Gasteiger partial charge in [0.15, 0.2) is 0 Å². The molecule has 2 N–H and O–H groups in total. The van der Waals surface area contributed by atoms with Gasteiger partial charge in [-0.2, -0.15) is 10.5 Å². The molecule has 2 amide bonds. The summed E-state index contributed by atoms with van der Waals surface area (Å²) in [5.41, 5.74) is 1.62. The Morgan fingerprint density at radius 3 is 2.18 bits per heavy atom. The summed E-state index contributed by atoms with van der Waals surface area (Å²) in [4.78, 5) is 29.0. The lowest BCUT2D eigenvalue weighted by Crippen LogP contribution is -2.18. The van der Waals surface area contributed by atoms with Gasteiger partial charge in [0, 0.05) is 5.69 Å². The summed E-state index contributed by atoms with van der Waals surface area (Å²) >= 11 is 0. The van der Waals surface area contributed by atoms with Gasteiger partial charge in [-0.1, -0.05) is 24.3 Å². The van der Waals surface area contributed by atoms with Crippen LogP contribution in [0.3, 0.4) is 0 Å². The van der Waals surface area contributed by atoms with Crippen LogP contribution in [0.4, 0.5) is 11.4 Å². The minimum Gasteiger partial charge on any atom is -0.321 e. The Kier molecular flexibility index (Phi) is 5.40. The fourth-order valence-electron chi connectivity index (χ4n) is 2.43. The maximum Gasteiger partial charge on any atom is 0.274 e. The molecule has 0 aliphatic carbocycles. The molecule has 0 aliphatic heterocycles. The standard InChI is InChI=1S/C21H13N5O2/c22-12-14-5-3-7-16(11-14)24-20(27)18-9-4-10-19(25-18)21(28)26-17-8-2-1-6-15(17)13-23/h1-11H,(H,24,27)(H,26,28). The van der Waals surface area contributed by atoms with Crippen LogP contribution >= 0.6 is 0 Å². The van der Waals surface area contributed by atoms with Crippen LogP contribution < -0.4 is 10.6 Å². The summed E-state index contributed by atoms with van der Waals surface area (Å²) in [7, 11) is 0. The van der Waals surface area contributed by atoms with Crippen molar-refractivity contribution in [3.63, 3.8) is 0 Å². The van der Waals surface area contributed by atoms with E-state index in [0.717, 1.165) is 0 Å². The second-order valence-corrected chi connectivity index (χ2v) is 5.67. The molecule has 0 radical (unpaired) electrons. The van der Waals surface area contributed by atoms with Crippen LogP contribution in [-0.2, 0) is 0 Å². The van der Waals surface area contributed by atoms with Crippen LogP contribution in [0.2, 0.25) is 0 Å². The van der Waals surface area contributed by atoms with E-state index in [2.05, 4.69) is 15.6 Å². The first-order valence-corrected chi connectivity index (χ1v) is 8.20. The van der Waals surface area contributed by atoms with E-state index >= 15 is 0 Å². The lowest BCUT2D eigenvalue weighted by molar-refractivity contribution is 0.101. The maximum atomic E-state index is 12.4. The molecule has 3 rings (SSSR count). The van der Waals surface area contributed by atoms with Crippen molar-refractivity contribution < 1.29 is 9.59 Å². The molecule has 0 saturated heterocycles. The summed E-state index contributed by atoms with van der Waals surface area (Å²) in [6, 6.07) is 21.5. The Hall–Kier alpha value is -4.49. The zero-order chi connectivity index (χ0) is 19.9. The van der Waals surface area contributed by atoms with Gasteiger partial charge in [0.1, 0.15) is 17.5 Å². The highest BCUT2D eigenvalue weighted by Gasteiger charge is 2.14. The number of anilines is 2. The zero-order valence-corrected chi connectivity index (χ0v) is 14.5. The molecular formula is C21H13N5O2. The minimum absolute atomic E-state index is 0.0335. The average molecular weight is 367 g/mol. The Bertz CT molecular complexity index is 1140. The van der Waals surface area contributed by atoms with Crippen molar-refractivity contribution in [2.45, 2.75) is 0 Å². The Labute approximate surface area is 160 Å². The summed E-state index contributed by atoms with van der Waals surface area (Å²) in [6.07, 6.45) is 0. The van der Waals surface area contributed by atoms with Crippen LogP contribution in [0.5, 0.6) is 0 Å². The van der Waals surface area contributed by atoms with Crippen molar-refractivity contribution in [1.82, 2.24) is 4.98 Å². The lowest BCUT2D eigenvalue weighted by Gasteiger charge is -2.08. The molecule has 3 aromatic rings. The number of nitriles is 2. The van der Waals surface area contributed by atoms with Gasteiger partial charge in [0.05, 0.1) is 22.9 Å². The third kappa shape index (κ3) is 4.18. The van der Waals surface area contributed by atoms with Crippen molar-refractivity contribution in [3.8, 4) is 12.1 Å². The Balaban J connectivity index is 1.78. The van der Waals surface area contributed by atoms with E-state index in [1.165, 1.54) is 18.2 Å². The molecule has 0 spiro atoms. The summed E-state index contributed by atoms with van der Waals surface area (Å²) in [6.45, 7) is 0. The van der Waals surface area contributed by atoms with E-state index in [4.69, 9.17) is 10.5 Å². The van der Waals surface area contributed by atoms with Crippen molar-refractivity contribution in [3.05, 3.63) is 89.2 Å². The van der Waals surface area contributed by atoms with Crippen molar-refractivity contribution in [1.29, 1.82) is 10.5 Å². The molecule has 0 atom stereocenters. The van der Waals surface area contributed by atoms with Crippen molar-refractivity contribution in [2.75, 3.05) is 10.6 Å².